The first kappa shape index (κ1) is 13.2. The van der Waals surface area contributed by atoms with Gasteiger partial charge in [0.15, 0.2) is 0 Å². The number of H-pyrrole nitrogens is 1. The molecule has 2 aromatic carbocycles. The van der Waals surface area contributed by atoms with Gasteiger partial charge in [-0.05, 0) is 43.2 Å². The molecule has 0 aliphatic rings. The lowest BCUT2D eigenvalue weighted by Crippen LogP contribution is -2.12. The zero-order valence-corrected chi connectivity index (χ0v) is 11.9. The van der Waals surface area contributed by atoms with Gasteiger partial charge >= 0.3 is 0 Å². The summed E-state index contributed by atoms with van der Waals surface area (Å²) in [6.45, 7) is 3.65. The van der Waals surface area contributed by atoms with E-state index < -0.39 is 0 Å². The second kappa shape index (κ2) is 4.98. The Labute approximate surface area is 122 Å². The lowest BCUT2D eigenvalue weighted by Gasteiger charge is -2.10. The minimum atomic E-state index is -0.166. The number of carbonyl (C=O) groups is 1. The molecule has 0 saturated carbocycles. The molecule has 0 bridgehead atoms. The number of hydrogen-bond acceptors (Lipinski definition) is 2. The van der Waals surface area contributed by atoms with Crippen molar-refractivity contribution in [3.05, 3.63) is 59.3 Å². The number of nitrogens with one attached hydrogen (secondary N) is 2. The van der Waals surface area contributed by atoms with E-state index in [9.17, 15) is 9.90 Å². The van der Waals surface area contributed by atoms with Crippen LogP contribution in [0.15, 0.2) is 42.6 Å². The van der Waals surface area contributed by atoms with Gasteiger partial charge < -0.3 is 15.4 Å². The Kier molecular flexibility index (Phi) is 3.14. The third-order valence-electron chi connectivity index (χ3n) is 3.63. The summed E-state index contributed by atoms with van der Waals surface area (Å²) >= 11 is 0. The van der Waals surface area contributed by atoms with Gasteiger partial charge in [-0.15, -0.1) is 0 Å². The maximum absolute atomic E-state index is 12.4. The van der Waals surface area contributed by atoms with Crippen molar-refractivity contribution in [1.29, 1.82) is 0 Å². The van der Waals surface area contributed by atoms with E-state index in [1.54, 1.807) is 25.3 Å². The summed E-state index contributed by atoms with van der Waals surface area (Å²) in [5, 5.41) is 13.5. The van der Waals surface area contributed by atoms with E-state index in [0.29, 0.717) is 11.3 Å². The maximum Gasteiger partial charge on any atom is 0.257 e. The molecule has 1 aromatic heterocycles. The molecule has 0 fully saturated rings. The number of aromatic amines is 1. The van der Waals surface area contributed by atoms with Crippen LogP contribution < -0.4 is 5.32 Å². The highest BCUT2D eigenvalue weighted by atomic mass is 16.3. The highest BCUT2D eigenvalue weighted by Crippen LogP contribution is 2.26. The summed E-state index contributed by atoms with van der Waals surface area (Å²) in [6, 6.07) is 11.1. The number of amides is 1. The van der Waals surface area contributed by atoms with Crippen molar-refractivity contribution in [3.8, 4) is 5.75 Å². The lowest BCUT2D eigenvalue weighted by molar-refractivity contribution is 0.102. The molecule has 4 heteroatoms. The second-order valence-corrected chi connectivity index (χ2v) is 5.16. The molecular formula is C17H16N2O2. The summed E-state index contributed by atoms with van der Waals surface area (Å²) < 4.78 is 0. The number of rotatable bonds is 2. The Hall–Kier alpha value is -2.75. The summed E-state index contributed by atoms with van der Waals surface area (Å²) in [5.74, 6) is 0.0678. The lowest BCUT2D eigenvalue weighted by atomic mass is 10.1. The smallest absolute Gasteiger partial charge is 0.257 e. The Morgan fingerprint density at radius 1 is 1.14 bits per heavy atom. The predicted molar refractivity (Wildman–Crippen MR) is 83.8 cm³/mol. The molecule has 0 aliphatic heterocycles. The molecule has 0 saturated heterocycles. The van der Waals surface area contributed by atoms with Crippen LogP contribution >= 0.6 is 0 Å². The summed E-state index contributed by atoms with van der Waals surface area (Å²) in [6.07, 6.45) is 1.71. The Balaban J connectivity index is 1.95. The number of carbonyl (C=O) groups excluding carboxylic acids is 1. The van der Waals surface area contributed by atoms with Crippen LogP contribution in [0.5, 0.6) is 5.75 Å². The molecule has 3 N–H and O–H groups in total. The molecule has 3 rings (SSSR count). The van der Waals surface area contributed by atoms with E-state index in [0.717, 1.165) is 22.0 Å². The number of benzene rings is 2. The van der Waals surface area contributed by atoms with Gasteiger partial charge in [0.1, 0.15) is 5.75 Å². The number of aromatic nitrogens is 1. The molecule has 21 heavy (non-hydrogen) atoms. The fraction of sp³-hybridized carbons (Fsp3) is 0.118. The van der Waals surface area contributed by atoms with Gasteiger partial charge in [-0.3, -0.25) is 4.79 Å². The Morgan fingerprint density at radius 2 is 1.90 bits per heavy atom. The van der Waals surface area contributed by atoms with Gasteiger partial charge in [0, 0.05) is 22.8 Å². The molecule has 0 unspecified atom stereocenters. The zero-order valence-electron chi connectivity index (χ0n) is 11.9. The van der Waals surface area contributed by atoms with Crippen LogP contribution in [0.2, 0.25) is 0 Å². The topological polar surface area (TPSA) is 65.1 Å². The molecule has 1 heterocycles. The fourth-order valence-corrected chi connectivity index (χ4v) is 2.38. The number of para-hydroxylation sites is 1. The van der Waals surface area contributed by atoms with Gasteiger partial charge in [0.05, 0.1) is 5.56 Å². The molecule has 4 nitrogen and oxygen atoms in total. The Bertz CT molecular complexity index is 834. The summed E-state index contributed by atoms with van der Waals surface area (Å²) in [5.41, 5.74) is 3.80. The van der Waals surface area contributed by atoms with E-state index in [1.807, 2.05) is 31.2 Å². The maximum atomic E-state index is 12.4. The number of fused-ring (bicyclic) bond motifs is 1. The predicted octanol–water partition coefficient (Wildman–Crippen LogP) is 3.74. The van der Waals surface area contributed by atoms with Crippen molar-refractivity contribution in [2.75, 3.05) is 5.32 Å². The minimum Gasteiger partial charge on any atom is -0.508 e. The van der Waals surface area contributed by atoms with Crippen molar-refractivity contribution in [2.24, 2.45) is 0 Å². The average Bonchev–Trinajstić information content (AvgIpc) is 2.88. The Morgan fingerprint density at radius 3 is 2.71 bits per heavy atom. The van der Waals surface area contributed by atoms with Crippen molar-refractivity contribution in [1.82, 2.24) is 4.98 Å². The van der Waals surface area contributed by atoms with Gasteiger partial charge in [-0.1, -0.05) is 18.2 Å². The van der Waals surface area contributed by atoms with Gasteiger partial charge in [0.2, 0.25) is 0 Å². The van der Waals surface area contributed by atoms with E-state index >= 15 is 0 Å². The van der Waals surface area contributed by atoms with E-state index in [2.05, 4.69) is 10.3 Å². The highest BCUT2D eigenvalue weighted by molar-refractivity contribution is 6.13. The minimum absolute atomic E-state index is 0.166. The first-order chi connectivity index (χ1) is 10.1. The SMILES string of the molecule is Cc1cc(NC(=O)c2c[nH]c3ccccc23)c(C)cc1O. The quantitative estimate of drug-likeness (QED) is 0.626. The molecule has 0 aliphatic carbocycles. The highest BCUT2D eigenvalue weighted by Gasteiger charge is 2.13. The molecule has 0 radical (unpaired) electrons. The number of anilines is 1. The van der Waals surface area contributed by atoms with Crippen LogP contribution in [0, 0.1) is 13.8 Å². The molecular weight excluding hydrogens is 264 g/mol. The van der Waals surface area contributed by atoms with Crippen LogP contribution in [0.4, 0.5) is 5.69 Å². The monoisotopic (exact) mass is 280 g/mol. The fourth-order valence-electron chi connectivity index (χ4n) is 2.38. The molecule has 0 spiro atoms. The summed E-state index contributed by atoms with van der Waals surface area (Å²) in [7, 11) is 0. The number of phenols is 1. The van der Waals surface area contributed by atoms with Crippen molar-refractivity contribution >= 4 is 22.5 Å². The van der Waals surface area contributed by atoms with Crippen molar-refractivity contribution in [3.63, 3.8) is 0 Å². The van der Waals surface area contributed by atoms with Crippen LogP contribution in [0.3, 0.4) is 0 Å². The van der Waals surface area contributed by atoms with Crippen LogP contribution in [-0.4, -0.2) is 16.0 Å². The normalized spacial score (nSPS) is 10.8. The standard InChI is InChI=1S/C17H16N2O2/c1-10-8-16(20)11(2)7-15(10)19-17(21)13-9-18-14-6-4-3-5-12(13)14/h3-9,18,20H,1-2H3,(H,19,21). The van der Waals surface area contributed by atoms with Crippen LogP contribution in [-0.2, 0) is 0 Å². The van der Waals surface area contributed by atoms with E-state index in [4.69, 9.17) is 0 Å². The first-order valence-electron chi connectivity index (χ1n) is 6.74. The van der Waals surface area contributed by atoms with Crippen molar-refractivity contribution in [2.45, 2.75) is 13.8 Å². The number of aryl methyl sites for hydroxylation is 2. The van der Waals surface area contributed by atoms with Gasteiger partial charge in [-0.2, -0.15) is 0 Å². The third-order valence-corrected chi connectivity index (χ3v) is 3.63. The zero-order chi connectivity index (χ0) is 15.0. The molecule has 3 aromatic rings. The molecule has 106 valence electrons. The van der Waals surface area contributed by atoms with E-state index in [-0.39, 0.29) is 11.7 Å². The number of phenolic OH excluding ortho intramolecular Hbond substituents is 1. The second-order valence-electron chi connectivity index (χ2n) is 5.16. The number of aromatic hydroxyl groups is 1. The van der Waals surface area contributed by atoms with Crippen molar-refractivity contribution < 1.29 is 9.90 Å². The van der Waals surface area contributed by atoms with Gasteiger partial charge in [-0.25, -0.2) is 0 Å². The van der Waals surface area contributed by atoms with Gasteiger partial charge in [0.25, 0.3) is 5.91 Å². The van der Waals surface area contributed by atoms with E-state index in [1.165, 1.54) is 0 Å². The largest absolute Gasteiger partial charge is 0.508 e. The average molecular weight is 280 g/mol. The molecule has 0 atom stereocenters. The van der Waals surface area contributed by atoms with Crippen LogP contribution in [0.1, 0.15) is 21.5 Å². The number of hydrogen-bond donors (Lipinski definition) is 3. The third kappa shape index (κ3) is 2.36. The summed E-state index contributed by atoms with van der Waals surface area (Å²) in [4.78, 5) is 15.5. The molecule has 1 amide bonds. The van der Waals surface area contributed by atoms with Crippen LogP contribution in [0.25, 0.3) is 10.9 Å². The first-order valence-corrected chi connectivity index (χ1v) is 6.74.